The van der Waals surface area contributed by atoms with Crippen LogP contribution in [0.25, 0.3) is 0 Å². The molecule has 1 aromatic rings. The summed E-state index contributed by atoms with van der Waals surface area (Å²) in [5.41, 5.74) is 0.752. The topological polar surface area (TPSA) is 62.7 Å². The molecule has 0 N–H and O–H groups in total. The van der Waals surface area contributed by atoms with Gasteiger partial charge in [0.2, 0.25) is 11.8 Å². The van der Waals surface area contributed by atoms with Gasteiger partial charge in [-0.3, -0.25) is 14.6 Å². The minimum atomic E-state index is -0.106. The van der Waals surface area contributed by atoms with E-state index in [1.54, 1.807) is 22.1 Å². The molecule has 0 saturated carbocycles. The highest BCUT2D eigenvalue weighted by atomic mass is 16.5. The normalized spacial score (nSPS) is 24.3. The molecule has 2 aliphatic rings. The van der Waals surface area contributed by atoms with Crippen LogP contribution in [0.4, 0.5) is 0 Å². The number of fused-ring (bicyclic) bond motifs is 1. The molecular weight excluding hydrogens is 282 g/mol. The largest absolute Gasteiger partial charge is 0.364 e. The third-order valence-corrected chi connectivity index (χ3v) is 4.12. The first kappa shape index (κ1) is 14.7. The molecule has 0 radical (unpaired) electrons. The number of morpholine rings is 1. The zero-order chi connectivity index (χ0) is 15.5. The van der Waals surface area contributed by atoms with Crippen molar-refractivity contribution in [3.63, 3.8) is 0 Å². The summed E-state index contributed by atoms with van der Waals surface area (Å²) in [6.07, 6.45) is 3.55. The van der Waals surface area contributed by atoms with E-state index in [0.717, 1.165) is 5.69 Å². The second-order valence-electron chi connectivity index (χ2n) is 5.55. The molecule has 0 unspecified atom stereocenters. The molecule has 2 amide bonds. The minimum Gasteiger partial charge on any atom is -0.364 e. The third kappa shape index (κ3) is 2.87. The summed E-state index contributed by atoms with van der Waals surface area (Å²) in [7, 11) is 0. The molecule has 0 spiro atoms. The number of amides is 2. The number of likely N-dealkylation sites (tertiary alicyclic amines) is 1. The first-order valence-electron chi connectivity index (χ1n) is 7.38. The lowest BCUT2D eigenvalue weighted by Gasteiger charge is -2.35. The number of ether oxygens (including phenoxy) is 1. The average molecular weight is 301 g/mol. The van der Waals surface area contributed by atoms with Crippen molar-refractivity contribution in [1.29, 1.82) is 0 Å². The lowest BCUT2D eigenvalue weighted by atomic mass is 10.1. The summed E-state index contributed by atoms with van der Waals surface area (Å²) in [5.74, 6) is -0.0251. The Balaban J connectivity index is 1.66. The van der Waals surface area contributed by atoms with Crippen LogP contribution in [0, 0.1) is 0 Å². The molecule has 6 nitrogen and oxygen atoms in total. The Morgan fingerprint density at radius 3 is 3.05 bits per heavy atom. The average Bonchev–Trinajstić information content (AvgIpc) is 2.96. The van der Waals surface area contributed by atoms with E-state index < -0.39 is 0 Å². The SMILES string of the molecule is C=CCN1C(=O)CO[C@@H]2CN(C(=O)Cc3ccccn3)C[C@H]21. The highest BCUT2D eigenvalue weighted by Gasteiger charge is 2.43. The van der Waals surface area contributed by atoms with Crippen LogP contribution >= 0.6 is 0 Å². The Bertz CT molecular complexity index is 575. The summed E-state index contributed by atoms with van der Waals surface area (Å²) in [6, 6.07) is 5.45. The van der Waals surface area contributed by atoms with E-state index in [1.165, 1.54) is 0 Å². The second kappa shape index (κ2) is 6.27. The van der Waals surface area contributed by atoms with Gasteiger partial charge < -0.3 is 14.5 Å². The van der Waals surface area contributed by atoms with Crippen LogP contribution < -0.4 is 0 Å². The summed E-state index contributed by atoms with van der Waals surface area (Å²) in [5, 5.41) is 0. The Labute approximate surface area is 129 Å². The zero-order valence-electron chi connectivity index (χ0n) is 12.4. The molecule has 6 heteroatoms. The molecule has 2 aliphatic heterocycles. The van der Waals surface area contributed by atoms with Gasteiger partial charge in [0, 0.05) is 31.5 Å². The van der Waals surface area contributed by atoms with Gasteiger partial charge in [0.05, 0.1) is 18.6 Å². The van der Waals surface area contributed by atoms with E-state index >= 15 is 0 Å². The maximum atomic E-state index is 12.4. The Kier molecular flexibility index (Phi) is 4.20. The van der Waals surface area contributed by atoms with E-state index in [9.17, 15) is 9.59 Å². The lowest BCUT2D eigenvalue weighted by Crippen LogP contribution is -2.53. The van der Waals surface area contributed by atoms with Gasteiger partial charge in [0.25, 0.3) is 0 Å². The molecule has 0 aromatic carbocycles. The van der Waals surface area contributed by atoms with Crippen LogP contribution in [0.2, 0.25) is 0 Å². The maximum absolute atomic E-state index is 12.4. The number of carbonyl (C=O) groups is 2. The Morgan fingerprint density at radius 1 is 1.45 bits per heavy atom. The van der Waals surface area contributed by atoms with Gasteiger partial charge in [-0.05, 0) is 12.1 Å². The number of carbonyl (C=O) groups excluding carboxylic acids is 2. The van der Waals surface area contributed by atoms with E-state index in [2.05, 4.69) is 11.6 Å². The van der Waals surface area contributed by atoms with E-state index in [4.69, 9.17) is 4.74 Å². The van der Waals surface area contributed by atoms with Crippen LogP contribution in [0.5, 0.6) is 0 Å². The fourth-order valence-electron chi connectivity index (χ4n) is 3.02. The fraction of sp³-hybridized carbons (Fsp3) is 0.438. The van der Waals surface area contributed by atoms with Gasteiger partial charge >= 0.3 is 0 Å². The standard InChI is InChI=1S/C16H19N3O3/c1-2-7-19-13-9-18(10-14(13)22-11-16(19)21)15(20)8-12-5-3-4-6-17-12/h2-6,13-14H,1,7-11H2/t13-,14-/m1/s1. The van der Waals surface area contributed by atoms with Gasteiger partial charge in [-0.25, -0.2) is 0 Å². The molecule has 116 valence electrons. The van der Waals surface area contributed by atoms with Crippen LogP contribution in [0.3, 0.4) is 0 Å². The molecule has 3 rings (SSSR count). The van der Waals surface area contributed by atoms with Gasteiger partial charge in [-0.1, -0.05) is 12.1 Å². The van der Waals surface area contributed by atoms with E-state index in [-0.39, 0.29) is 37.0 Å². The monoisotopic (exact) mass is 301 g/mol. The van der Waals surface area contributed by atoms with Crippen molar-refractivity contribution < 1.29 is 14.3 Å². The fourth-order valence-corrected chi connectivity index (χ4v) is 3.02. The zero-order valence-corrected chi connectivity index (χ0v) is 12.4. The van der Waals surface area contributed by atoms with Crippen molar-refractivity contribution in [2.45, 2.75) is 18.6 Å². The summed E-state index contributed by atoms with van der Waals surface area (Å²) >= 11 is 0. The number of hydrogen-bond acceptors (Lipinski definition) is 4. The number of rotatable bonds is 4. The van der Waals surface area contributed by atoms with Crippen molar-refractivity contribution in [2.24, 2.45) is 0 Å². The summed E-state index contributed by atoms with van der Waals surface area (Å²) in [4.78, 5) is 32.0. The van der Waals surface area contributed by atoms with Gasteiger partial charge in [-0.2, -0.15) is 0 Å². The molecule has 0 bridgehead atoms. The van der Waals surface area contributed by atoms with Crippen LogP contribution in [0.1, 0.15) is 5.69 Å². The Hall–Kier alpha value is -2.21. The van der Waals surface area contributed by atoms with E-state index in [0.29, 0.717) is 19.6 Å². The van der Waals surface area contributed by atoms with E-state index in [1.807, 2.05) is 18.2 Å². The number of nitrogens with zero attached hydrogens (tertiary/aromatic N) is 3. The first-order valence-corrected chi connectivity index (χ1v) is 7.38. The predicted molar refractivity (Wildman–Crippen MR) is 80.0 cm³/mol. The minimum absolute atomic E-state index is 0.0164. The van der Waals surface area contributed by atoms with Gasteiger partial charge in [0.15, 0.2) is 0 Å². The van der Waals surface area contributed by atoms with Crippen molar-refractivity contribution in [3.05, 3.63) is 42.7 Å². The second-order valence-corrected chi connectivity index (χ2v) is 5.55. The molecule has 1 aromatic heterocycles. The first-order chi connectivity index (χ1) is 10.7. The van der Waals surface area contributed by atoms with Crippen molar-refractivity contribution >= 4 is 11.8 Å². The van der Waals surface area contributed by atoms with Gasteiger partial charge in [-0.15, -0.1) is 6.58 Å². The van der Waals surface area contributed by atoms with Crippen molar-refractivity contribution in [1.82, 2.24) is 14.8 Å². The number of pyridine rings is 1. The van der Waals surface area contributed by atoms with Crippen molar-refractivity contribution in [2.75, 3.05) is 26.2 Å². The van der Waals surface area contributed by atoms with Gasteiger partial charge in [0.1, 0.15) is 6.61 Å². The highest BCUT2D eigenvalue weighted by molar-refractivity contribution is 5.81. The molecule has 2 fully saturated rings. The van der Waals surface area contributed by atoms with Crippen LogP contribution in [-0.2, 0) is 20.7 Å². The molecule has 2 saturated heterocycles. The van der Waals surface area contributed by atoms with Crippen LogP contribution in [0.15, 0.2) is 37.1 Å². The smallest absolute Gasteiger partial charge is 0.249 e. The number of aromatic nitrogens is 1. The van der Waals surface area contributed by atoms with Crippen LogP contribution in [-0.4, -0.2) is 65.0 Å². The Morgan fingerprint density at radius 2 is 2.32 bits per heavy atom. The molecule has 22 heavy (non-hydrogen) atoms. The lowest BCUT2D eigenvalue weighted by molar-refractivity contribution is -0.151. The summed E-state index contributed by atoms with van der Waals surface area (Å²) < 4.78 is 5.59. The number of hydrogen-bond donors (Lipinski definition) is 0. The molecular formula is C16H19N3O3. The summed E-state index contributed by atoms with van der Waals surface area (Å²) in [6.45, 7) is 5.30. The van der Waals surface area contributed by atoms with Crippen molar-refractivity contribution in [3.8, 4) is 0 Å². The maximum Gasteiger partial charge on any atom is 0.249 e. The molecule has 3 heterocycles. The predicted octanol–water partition coefficient (Wildman–Crippen LogP) is 0.248. The highest BCUT2D eigenvalue weighted by Crippen LogP contribution is 2.24. The molecule has 2 atom stereocenters. The molecule has 0 aliphatic carbocycles. The third-order valence-electron chi connectivity index (χ3n) is 4.12. The quantitative estimate of drug-likeness (QED) is 0.748.